The highest BCUT2D eigenvalue weighted by atomic mass is 15.1. The second-order valence-electron chi connectivity index (χ2n) is 3.86. The zero-order valence-corrected chi connectivity index (χ0v) is 9.27. The second kappa shape index (κ2) is 4.39. The van der Waals surface area contributed by atoms with Crippen LogP contribution in [0, 0.1) is 0 Å². The van der Waals surface area contributed by atoms with E-state index in [2.05, 4.69) is 42.2 Å². The molecular weight excluding hydrogens is 184 g/mol. The molecule has 15 heavy (non-hydrogen) atoms. The summed E-state index contributed by atoms with van der Waals surface area (Å²) in [5, 5.41) is 9.15. The van der Waals surface area contributed by atoms with Crippen LogP contribution in [0.4, 0.5) is 0 Å². The van der Waals surface area contributed by atoms with Crippen molar-refractivity contribution in [2.24, 2.45) is 0 Å². The minimum absolute atomic E-state index is 0.669. The van der Waals surface area contributed by atoms with Gasteiger partial charge < -0.3 is 0 Å². The third kappa shape index (κ3) is 1.99. The molecule has 1 aromatic heterocycles. The Balaban J connectivity index is 2.46. The normalized spacial score (nSPS) is 11.1. The van der Waals surface area contributed by atoms with Gasteiger partial charge in [-0.1, -0.05) is 19.9 Å². The predicted molar refractivity (Wildman–Crippen MR) is 62.9 cm³/mol. The third-order valence-corrected chi connectivity index (χ3v) is 2.99. The van der Waals surface area contributed by atoms with Crippen LogP contribution in [0.5, 0.6) is 0 Å². The van der Waals surface area contributed by atoms with Gasteiger partial charge >= 0.3 is 0 Å². The fraction of sp³-hybridized carbons (Fsp3) is 0.385. The van der Waals surface area contributed by atoms with E-state index in [-0.39, 0.29) is 0 Å². The summed E-state index contributed by atoms with van der Waals surface area (Å²) >= 11 is 0. The Kier molecular flexibility index (Phi) is 2.95. The molecule has 0 N–H and O–H groups in total. The lowest BCUT2D eigenvalue weighted by Gasteiger charge is -2.12. The summed E-state index contributed by atoms with van der Waals surface area (Å²) in [5.41, 5.74) is 2.40. The van der Waals surface area contributed by atoms with Gasteiger partial charge in [-0.2, -0.15) is 10.2 Å². The van der Waals surface area contributed by atoms with Crippen molar-refractivity contribution in [3.63, 3.8) is 0 Å². The number of nitrogens with zero attached hydrogens (tertiary/aromatic N) is 2. The van der Waals surface area contributed by atoms with Crippen LogP contribution in [-0.2, 0) is 0 Å². The molecule has 0 unspecified atom stereocenters. The zero-order chi connectivity index (χ0) is 10.7. The maximum Gasteiger partial charge on any atom is 0.0929 e. The molecule has 0 aliphatic heterocycles. The Morgan fingerprint density at radius 3 is 2.67 bits per heavy atom. The maximum absolute atomic E-state index is 4.08. The van der Waals surface area contributed by atoms with Crippen LogP contribution in [-0.4, -0.2) is 10.2 Å². The standard InChI is InChI=1S/C13H16N2/c1-3-10(4-2)11-5-6-13-12(9-11)7-8-14-15-13/h5-10H,3-4H2,1-2H3. The van der Waals surface area contributed by atoms with Crippen molar-refractivity contribution in [1.29, 1.82) is 0 Å². The molecule has 1 aromatic carbocycles. The van der Waals surface area contributed by atoms with Crippen LogP contribution in [0.1, 0.15) is 38.2 Å². The molecule has 0 aliphatic carbocycles. The molecule has 2 aromatic rings. The molecule has 0 radical (unpaired) electrons. The zero-order valence-electron chi connectivity index (χ0n) is 9.27. The second-order valence-corrected chi connectivity index (χ2v) is 3.86. The average Bonchev–Trinajstić information content (AvgIpc) is 2.30. The van der Waals surface area contributed by atoms with Gasteiger partial charge in [0.2, 0.25) is 0 Å². The minimum Gasteiger partial charge on any atom is -0.159 e. The van der Waals surface area contributed by atoms with Gasteiger partial charge in [0.05, 0.1) is 11.7 Å². The topological polar surface area (TPSA) is 25.8 Å². The van der Waals surface area contributed by atoms with E-state index >= 15 is 0 Å². The lowest BCUT2D eigenvalue weighted by molar-refractivity contribution is 0.642. The molecule has 2 rings (SSSR count). The first-order valence-electron chi connectivity index (χ1n) is 5.56. The first-order chi connectivity index (χ1) is 7.35. The molecule has 0 spiro atoms. The molecule has 2 heteroatoms. The van der Waals surface area contributed by atoms with Crippen LogP contribution >= 0.6 is 0 Å². The highest BCUT2D eigenvalue weighted by Crippen LogP contribution is 2.25. The molecule has 0 saturated heterocycles. The van der Waals surface area contributed by atoms with E-state index in [1.165, 1.54) is 23.8 Å². The molecule has 0 atom stereocenters. The van der Waals surface area contributed by atoms with Gasteiger partial charge in [0, 0.05) is 5.39 Å². The molecule has 0 aliphatic rings. The van der Waals surface area contributed by atoms with Gasteiger partial charge in [-0.25, -0.2) is 0 Å². The molecule has 0 amide bonds. The Morgan fingerprint density at radius 1 is 1.13 bits per heavy atom. The van der Waals surface area contributed by atoms with Gasteiger partial charge in [-0.15, -0.1) is 0 Å². The highest BCUT2D eigenvalue weighted by Gasteiger charge is 2.07. The lowest BCUT2D eigenvalue weighted by Crippen LogP contribution is -1.95. The van der Waals surface area contributed by atoms with E-state index in [1.807, 2.05) is 6.07 Å². The summed E-state index contributed by atoms with van der Waals surface area (Å²) in [6, 6.07) is 8.50. The van der Waals surface area contributed by atoms with Crippen molar-refractivity contribution in [2.45, 2.75) is 32.6 Å². The van der Waals surface area contributed by atoms with Gasteiger partial charge in [-0.3, -0.25) is 0 Å². The van der Waals surface area contributed by atoms with E-state index < -0.39 is 0 Å². The van der Waals surface area contributed by atoms with Crippen molar-refractivity contribution < 1.29 is 0 Å². The largest absolute Gasteiger partial charge is 0.159 e. The SMILES string of the molecule is CCC(CC)c1ccc2nnccc2c1. The number of hydrogen-bond donors (Lipinski definition) is 0. The van der Waals surface area contributed by atoms with Crippen LogP contribution in [0.25, 0.3) is 10.9 Å². The van der Waals surface area contributed by atoms with Crippen molar-refractivity contribution in [3.05, 3.63) is 36.0 Å². The van der Waals surface area contributed by atoms with E-state index in [0.29, 0.717) is 5.92 Å². The summed E-state index contributed by atoms with van der Waals surface area (Å²) in [7, 11) is 0. The Bertz CT molecular complexity index is 447. The quantitative estimate of drug-likeness (QED) is 0.757. The Morgan fingerprint density at radius 2 is 1.93 bits per heavy atom. The third-order valence-electron chi connectivity index (χ3n) is 2.99. The van der Waals surface area contributed by atoms with E-state index in [9.17, 15) is 0 Å². The van der Waals surface area contributed by atoms with Crippen LogP contribution in [0.15, 0.2) is 30.5 Å². The highest BCUT2D eigenvalue weighted by molar-refractivity contribution is 5.78. The summed E-state index contributed by atoms with van der Waals surface area (Å²) in [4.78, 5) is 0. The summed E-state index contributed by atoms with van der Waals surface area (Å²) in [6.07, 6.45) is 4.14. The predicted octanol–water partition coefficient (Wildman–Crippen LogP) is 3.53. The molecule has 0 bridgehead atoms. The summed E-state index contributed by atoms with van der Waals surface area (Å²) in [6.45, 7) is 4.48. The minimum atomic E-state index is 0.669. The van der Waals surface area contributed by atoms with Crippen molar-refractivity contribution in [3.8, 4) is 0 Å². The van der Waals surface area contributed by atoms with E-state index in [0.717, 1.165) is 5.52 Å². The Labute approximate surface area is 90.3 Å². The van der Waals surface area contributed by atoms with E-state index in [4.69, 9.17) is 0 Å². The van der Waals surface area contributed by atoms with Crippen LogP contribution < -0.4 is 0 Å². The summed E-state index contributed by atoms with van der Waals surface area (Å²) in [5.74, 6) is 0.669. The maximum atomic E-state index is 4.08. The number of rotatable bonds is 3. The lowest BCUT2D eigenvalue weighted by atomic mass is 9.93. The van der Waals surface area contributed by atoms with Gasteiger partial charge in [0.25, 0.3) is 0 Å². The van der Waals surface area contributed by atoms with Gasteiger partial charge in [0.1, 0.15) is 0 Å². The average molecular weight is 200 g/mol. The van der Waals surface area contributed by atoms with Gasteiger partial charge in [0.15, 0.2) is 0 Å². The van der Waals surface area contributed by atoms with Crippen molar-refractivity contribution in [2.75, 3.05) is 0 Å². The molecule has 0 fully saturated rings. The molecule has 1 heterocycles. The monoisotopic (exact) mass is 200 g/mol. The fourth-order valence-corrected chi connectivity index (χ4v) is 2.02. The molecular formula is C13H16N2. The first-order valence-corrected chi connectivity index (χ1v) is 5.56. The number of hydrogen-bond acceptors (Lipinski definition) is 2. The van der Waals surface area contributed by atoms with Crippen LogP contribution in [0.2, 0.25) is 0 Å². The van der Waals surface area contributed by atoms with Crippen molar-refractivity contribution in [1.82, 2.24) is 10.2 Å². The van der Waals surface area contributed by atoms with Gasteiger partial charge in [-0.05, 0) is 42.5 Å². The molecule has 78 valence electrons. The smallest absolute Gasteiger partial charge is 0.0929 e. The summed E-state index contributed by atoms with van der Waals surface area (Å²) < 4.78 is 0. The van der Waals surface area contributed by atoms with Crippen LogP contribution in [0.3, 0.4) is 0 Å². The molecule has 0 saturated carbocycles. The molecule has 2 nitrogen and oxygen atoms in total. The number of fused-ring (bicyclic) bond motifs is 1. The fourth-order valence-electron chi connectivity index (χ4n) is 2.02. The number of benzene rings is 1. The Hall–Kier alpha value is -1.44. The van der Waals surface area contributed by atoms with E-state index in [1.54, 1.807) is 6.20 Å². The first kappa shape index (κ1) is 10.1. The number of aromatic nitrogens is 2. The van der Waals surface area contributed by atoms with Crippen molar-refractivity contribution >= 4 is 10.9 Å².